The zero-order valence-corrected chi connectivity index (χ0v) is 29.1. The van der Waals surface area contributed by atoms with Crippen LogP contribution in [-0.2, 0) is 18.3 Å². The molecule has 11 nitrogen and oxygen atoms in total. The lowest BCUT2D eigenvalue weighted by atomic mass is 9.52. The molecular formula is C40H42FN7O4. The fourth-order valence-corrected chi connectivity index (χ4v) is 10.5. The van der Waals surface area contributed by atoms with Gasteiger partial charge in [0.1, 0.15) is 23.7 Å². The number of halogens is 1. The highest BCUT2D eigenvalue weighted by Gasteiger charge is 2.56. The fourth-order valence-electron chi connectivity index (χ4n) is 10.5. The van der Waals surface area contributed by atoms with E-state index in [-0.39, 0.29) is 34.5 Å². The van der Waals surface area contributed by atoms with Gasteiger partial charge in [0, 0.05) is 30.2 Å². The molecule has 52 heavy (non-hydrogen) atoms. The van der Waals surface area contributed by atoms with Crippen LogP contribution in [0.5, 0.6) is 5.75 Å². The van der Waals surface area contributed by atoms with Gasteiger partial charge in [0.15, 0.2) is 0 Å². The van der Waals surface area contributed by atoms with Gasteiger partial charge in [-0.25, -0.2) is 14.5 Å². The third kappa shape index (κ3) is 5.21. The normalized spacial score (nSPS) is 28.8. The number of phenols is 1. The van der Waals surface area contributed by atoms with Crippen molar-refractivity contribution >= 4 is 28.1 Å². The summed E-state index contributed by atoms with van der Waals surface area (Å²) < 4.78 is 16.4. The largest absolute Gasteiger partial charge is 0.508 e. The van der Waals surface area contributed by atoms with E-state index in [1.807, 2.05) is 30.3 Å². The van der Waals surface area contributed by atoms with Gasteiger partial charge in [0.25, 0.3) is 5.56 Å². The summed E-state index contributed by atoms with van der Waals surface area (Å²) in [5, 5.41) is 39.9. The van der Waals surface area contributed by atoms with Gasteiger partial charge in [-0.1, -0.05) is 25.1 Å². The van der Waals surface area contributed by atoms with Crippen LogP contribution < -0.4 is 16.2 Å². The first-order valence-electron chi connectivity index (χ1n) is 18.3. The number of phenolic OH excluding ortho intramolecular Hbond substituents is 1. The van der Waals surface area contributed by atoms with Gasteiger partial charge in [-0.05, 0) is 121 Å². The predicted molar refractivity (Wildman–Crippen MR) is 193 cm³/mol. The highest BCUT2D eigenvalue weighted by atomic mass is 19.1. The summed E-state index contributed by atoms with van der Waals surface area (Å²) in [7, 11) is 1.79. The number of nitrogens with zero attached hydrogens (tertiary/aromatic N) is 4. The van der Waals surface area contributed by atoms with Gasteiger partial charge in [-0.3, -0.25) is 14.3 Å². The second-order valence-electron chi connectivity index (χ2n) is 15.6. The van der Waals surface area contributed by atoms with E-state index in [0.717, 1.165) is 44.1 Å². The van der Waals surface area contributed by atoms with E-state index in [2.05, 4.69) is 43.9 Å². The number of nitrogens with one attached hydrogen (secondary N) is 3. The minimum absolute atomic E-state index is 0.0620. The Morgan fingerprint density at radius 3 is 2.73 bits per heavy atom. The molecule has 8 atom stereocenters. The van der Waals surface area contributed by atoms with Crippen molar-refractivity contribution in [2.24, 2.45) is 30.2 Å². The summed E-state index contributed by atoms with van der Waals surface area (Å²) in [6, 6.07) is 15.5. The molecule has 1 aliphatic heterocycles. The number of aromatic nitrogens is 5. The van der Waals surface area contributed by atoms with Crippen molar-refractivity contribution in [1.29, 1.82) is 0 Å². The second-order valence-corrected chi connectivity index (χ2v) is 15.6. The Hall–Kier alpha value is -5.10. The monoisotopic (exact) mass is 703 g/mol. The maximum absolute atomic E-state index is 14.7. The molecule has 0 saturated heterocycles. The van der Waals surface area contributed by atoms with E-state index < -0.39 is 23.3 Å². The van der Waals surface area contributed by atoms with Gasteiger partial charge in [0.2, 0.25) is 5.91 Å². The topological polar surface area (TPSA) is 158 Å². The molecule has 268 valence electrons. The molecule has 0 radical (unpaired) electrons. The van der Waals surface area contributed by atoms with E-state index >= 15 is 0 Å². The van der Waals surface area contributed by atoms with Gasteiger partial charge >= 0.3 is 0 Å². The molecule has 9 rings (SSSR count). The molecule has 5 aromatic rings. The molecule has 3 heterocycles. The van der Waals surface area contributed by atoms with Crippen LogP contribution in [-0.4, -0.2) is 47.2 Å². The highest BCUT2D eigenvalue weighted by molar-refractivity contribution is 5.97. The number of aromatic hydroxyl groups is 1. The van der Waals surface area contributed by atoms with Gasteiger partial charge in [0.05, 0.1) is 29.1 Å². The first-order chi connectivity index (χ1) is 25.1. The van der Waals surface area contributed by atoms with Crippen LogP contribution in [0.1, 0.15) is 91.5 Å². The van der Waals surface area contributed by atoms with Crippen molar-refractivity contribution in [3.8, 4) is 5.75 Å². The maximum Gasteiger partial charge on any atom is 0.272 e. The molecule has 3 aromatic carbocycles. The standard InChI is InChI=1S/C40H42FN7O4/c1-40-14-13-27-26-9-8-25(49)16-22(26)15-21(33(27)29(40)10-11-31(40)50)5-12-32(51)44-24-6-3-20(4-7-24)36-35(38-42-19-43-48(38)2)37-34-28(39(52)47-46-37)17-23(41)18-30(34)45-36/h3-4,6-9,16-19,21,27,29,31,33,35-36,45,49-50H,5,10-15H2,1-2H3,(H,44,51)(H,47,52)/t21-,27-,29+,31+,33-,35-,36-,40+/m1/s1. The minimum Gasteiger partial charge on any atom is -0.508 e. The number of anilines is 2. The number of fused-ring (bicyclic) bond motifs is 5. The van der Waals surface area contributed by atoms with Crippen molar-refractivity contribution in [3.63, 3.8) is 0 Å². The van der Waals surface area contributed by atoms with Crippen molar-refractivity contribution < 1.29 is 19.4 Å². The van der Waals surface area contributed by atoms with Crippen LogP contribution in [0, 0.1) is 29.0 Å². The highest BCUT2D eigenvalue weighted by Crippen LogP contribution is 2.62. The summed E-state index contributed by atoms with van der Waals surface area (Å²) in [5.74, 6) is 1.30. The number of carbonyl (C=O) groups excluding carboxylic acids is 1. The lowest BCUT2D eigenvalue weighted by Gasteiger charge is -2.53. The van der Waals surface area contributed by atoms with E-state index in [9.17, 15) is 24.2 Å². The third-order valence-corrected chi connectivity index (χ3v) is 13.0. The molecule has 2 fully saturated rings. The van der Waals surface area contributed by atoms with E-state index in [1.165, 1.54) is 29.6 Å². The first-order valence-corrected chi connectivity index (χ1v) is 18.3. The quantitative estimate of drug-likeness (QED) is 0.143. The van der Waals surface area contributed by atoms with E-state index in [0.29, 0.717) is 52.5 Å². The number of aromatic amines is 1. The number of hydrogen-bond acceptors (Lipinski definition) is 8. The zero-order valence-electron chi connectivity index (χ0n) is 29.1. The third-order valence-electron chi connectivity index (χ3n) is 13.0. The van der Waals surface area contributed by atoms with Crippen molar-refractivity contribution in [1.82, 2.24) is 25.0 Å². The number of H-pyrrole nitrogens is 1. The molecule has 4 aliphatic rings. The molecule has 1 amide bonds. The fraction of sp³-hybridized carbons (Fsp3) is 0.425. The molecule has 3 aliphatic carbocycles. The molecule has 12 heteroatoms. The zero-order chi connectivity index (χ0) is 35.9. The average Bonchev–Trinajstić information content (AvgIpc) is 3.69. The lowest BCUT2D eigenvalue weighted by molar-refractivity contribution is -0.116. The Bertz CT molecular complexity index is 2270. The smallest absolute Gasteiger partial charge is 0.272 e. The van der Waals surface area contributed by atoms with Crippen LogP contribution in [0.2, 0.25) is 0 Å². The number of aryl methyl sites for hydroxylation is 1. The van der Waals surface area contributed by atoms with Crippen LogP contribution in [0.15, 0.2) is 65.7 Å². The Balaban J connectivity index is 0.946. The van der Waals surface area contributed by atoms with Crippen LogP contribution in [0.3, 0.4) is 0 Å². The maximum atomic E-state index is 14.7. The van der Waals surface area contributed by atoms with Crippen LogP contribution in [0.25, 0.3) is 10.8 Å². The average molecular weight is 704 g/mol. The number of hydrogen-bond donors (Lipinski definition) is 5. The molecule has 5 N–H and O–H groups in total. The number of amides is 1. The molecule has 2 aromatic heterocycles. The van der Waals surface area contributed by atoms with E-state index in [4.69, 9.17) is 0 Å². The first kappa shape index (κ1) is 32.8. The molecule has 2 saturated carbocycles. The van der Waals surface area contributed by atoms with Crippen molar-refractivity contribution in [3.05, 3.63) is 105 Å². The number of rotatable bonds is 6. The summed E-state index contributed by atoms with van der Waals surface area (Å²) in [4.78, 5) is 30.7. The number of aliphatic hydroxyl groups excluding tert-OH is 1. The van der Waals surface area contributed by atoms with Gasteiger partial charge < -0.3 is 20.8 Å². The van der Waals surface area contributed by atoms with Crippen LogP contribution in [0.4, 0.5) is 15.8 Å². The lowest BCUT2D eigenvalue weighted by Crippen LogP contribution is -2.47. The Kier molecular flexibility index (Phi) is 7.73. The summed E-state index contributed by atoms with van der Waals surface area (Å²) in [5.41, 5.74) is 4.50. The second kappa shape index (κ2) is 12.3. The van der Waals surface area contributed by atoms with Crippen molar-refractivity contribution in [2.45, 2.75) is 75.9 Å². The summed E-state index contributed by atoms with van der Waals surface area (Å²) >= 11 is 0. The number of carbonyl (C=O) groups is 1. The Morgan fingerprint density at radius 2 is 1.94 bits per heavy atom. The SMILES string of the molecule is Cn1ncnc1[C@H]1c2n[nH]c(=O)c3cc(F)cc(c23)N[C@@H]1c1ccc(NC(=O)CC[C@@H]2Cc3cc(O)ccc3[C@H]3CC[C@]4(C)[C@@H](O)CC[C@H]4[C@H]23)cc1. The number of benzene rings is 3. The molecule has 0 unspecified atom stereocenters. The molecule has 0 bridgehead atoms. The predicted octanol–water partition coefficient (Wildman–Crippen LogP) is 6.06. The molecule has 0 spiro atoms. The summed E-state index contributed by atoms with van der Waals surface area (Å²) in [6.07, 6.45) is 6.95. The Labute approximate surface area is 299 Å². The number of aliphatic hydroxyl groups is 1. The Morgan fingerprint density at radius 1 is 1.12 bits per heavy atom. The van der Waals surface area contributed by atoms with Crippen LogP contribution >= 0.6 is 0 Å². The van der Waals surface area contributed by atoms with E-state index in [1.54, 1.807) is 17.8 Å². The molecular weight excluding hydrogens is 661 g/mol. The minimum atomic E-state index is -0.531. The van der Waals surface area contributed by atoms with Gasteiger partial charge in [-0.2, -0.15) is 10.2 Å². The van der Waals surface area contributed by atoms with Gasteiger partial charge in [-0.15, -0.1) is 0 Å². The summed E-state index contributed by atoms with van der Waals surface area (Å²) in [6.45, 7) is 2.26. The van der Waals surface area contributed by atoms with Crippen molar-refractivity contribution in [2.75, 3.05) is 10.6 Å².